The lowest BCUT2D eigenvalue weighted by Crippen LogP contribution is -2.55. The van der Waals surface area contributed by atoms with E-state index in [0.717, 1.165) is 5.56 Å². The highest BCUT2D eigenvalue weighted by Crippen LogP contribution is 2.11. The molecule has 0 spiro atoms. The molecule has 9 nitrogen and oxygen atoms in total. The molecular formula is C23H36N4O5. The van der Waals surface area contributed by atoms with Crippen molar-refractivity contribution in [1.82, 2.24) is 15.8 Å². The van der Waals surface area contributed by atoms with E-state index in [9.17, 15) is 19.5 Å². The Labute approximate surface area is 190 Å². The highest BCUT2D eigenvalue weighted by atomic mass is 16.6. The van der Waals surface area contributed by atoms with Crippen LogP contribution in [-0.4, -0.2) is 58.4 Å². The summed E-state index contributed by atoms with van der Waals surface area (Å²) >= 11 is 0. The number of nitrogens with zero attached hydrogens (tertiary/aromatic N) is 1. The third kappa shape index (κ3) is 10.4. The Balaban J connectivity index is 2.97. The van der Waals surface area contributed by atoms with Gasteiger partial charge in [0, 0.05) is 18.2 Å². The Morgan fingerprint density at radius 2 is 1.78 bits per heavy atom. The van der Waals surface area contributed by atoms with Gasteiger partial charge in [-0.3, -0.25) is 15.0 Å². The number of carbonyl (C=O) groups excluding carboxylic acids is 3. The number of aliphatic hydroxyl groups excluding tert-OH is 1. The summed E-state index contributed by atoms with van der Waals surface area (Å²) in [5.74, 6) is -1.24. The van der Waals surface area contributed by atoms with E-state index in [1.807, 2.05) is 44.2 Å². The lowest BCUT2D eigenvalue weighted by Gasteiger charge is -2.33. The SMILES string of the molecule is C=C(CC(N)=O)C(=O)N[C@@H](Cc1ccccc1)[C@@H](O)CN(NC(=O)OC(C)(C)C)C(C)C. The van der Waals surface area contributed by atoms with E-state index < -0.39 is 35.7 Å². The molecule has 0 aliphatic carbocycles. The minimum Gasteiger partial charge on any atom is -0.443 e. The van der Waals surface area contributed by atoms with Gasteiger partial charge >= 0.3 is 6.09 Å². The van der Waals surface area contributed by atoms with Crippen LogP contribution in [0.15, 0.2) is 42.5 Å². The number of aliphatic hydroxyl groups is 1. The predicted octanol–water partition coefficient (Wildman–Crippen LogP) is 1.66. The summed E-state index contributed by atoms with van der Waals surface area (Å²) in [5.41, 5.74) is 8.03. The number of benzene rings is 1. The molecule has 178 valence electrons. The molecule has 0 fully saturated rings. The van der Waals surface area contributed by atoms with Crippen LogP contribution in [0.3, 0.4) is 0 Å². The zero-order chi connectivity index (χ0) is 24.5. The molecule has 0 saturated heterocycles. The second-order valence-electron chi connectivity index (χ2n) is 8.94. The van der Waals surface area contributed by atoms with E-state index in [2.05, 4.69) is 17.3 Å². The molecule has 0 unspecified atom stereocenters. The number of hydrogen-bond donors (Lipinski definition) is 4. The number of ether oxygens (including phenoxy) is 1. The van der Waals surface area contributed by atoms with Crippen molar-refractivity contribution in [3.05, 3.63) is 48.0 Å². The first-order chi connectivity index (χ1) is 14.8. The van der Waals surface area contributed by atoms with Gasteiger partial charge in [-0.05, 0) is 46.6 Å². The smallest absolute Gasteiger partial charge is 0.422 e. The molecule has 0 saturated carbocycles. The maximum Gasteiger partial charge on any atom is 0.422 e. The highest BCUT2D eigenvalue weighted by molar-refractivity contribution is 5.97. The molecule has 9 heteroatoms. The lowest BCUT2D eigenvalue weighted by atomic mass is 10.00. The number of nitrogens with two attached hydrogens (primary N) is 1. The van der Waals surface area contributed by atoms with E-state index in [-0.39, 0.29) is 24.6 Å². The first-order valence-corrected chi connectivity index (χ1v) is 10.5. The second kappa shape index (κ2) is 12.2. The average Bonchev–Trinajstić information content (AvgIpc) is 2.65. The summed E-state index contributed by atoms with van der Waals surface area (Å²) in [4.78, 5) is 35.8. The van der Waals surface area contributed by atoms with Crippen molar-refractivity contribution in [2.75, 3.05) is 6.54 Å². The van der Waals surface area contributed by atoms with Gasteiger partial charge in [-0.25, -0.2) is 9.80 Å². The quantitative estimate of drug-likeness (QED) is 0.300. The highest BCUT2D eigenvalue weighted by Gasteiger charge is 2.28. The van der Waals surface area contributed by atoms with Crippen LogP contribution >= 0.6 is 0 Å². The van der Waals surface area contributed by atoms with Gasteiger partial charge in [0.25, 0.3) is 0 Å². The summed E-state index contributed by atoms with van der Waals surface area (Å²) in [7, 11) is 0. The number of primary amides is 1. The zero-order valence-electron chi connectivity index (χ0n) is 19.6. The van der Waals surface area contributed by atoms with Crippen LogP contribution in [0.4, 0.5) is 4.79 Å². The maximum atomic E-state index is 12.5. The standard InChI is InChI=1S/C23H36N4O5/c1-15(2)27(26-22(31)32-23(4,5)6)14-19(28)18(13-17-10-8-7-9-11-17)25-21(30)16(3)12-20(24)29/h7-11,15,18-19,28H,3,12-14H2,1-2,4-6H3,(H2,24,29)(H,25,30)(H,26,31)/t18-,19-/m0/s1. The molecule has 32 heavy (non-hydrogen) atoms. The van der Waals surface area contributed by atoms with Crippen molar-refractivity contribution in [3.8, 4) is 0 Å². The Bertz CT molecular complexity index is 789. The molecule has 0 radical (unpaired) electrons. The van der Waals surface area contributed by atoms with Crippen LogP contribution in [-0.2, 0) is 20.7 Å². The van der Waals surface area contributed by atoms with Gasteiger partial charge in [-0.1, -0.05) is 36.9 Å². The fraction of sp³-hybridized carbons (Fsp3) is 0.522. The van der Waals surface area contributed by atoms with Crippen molar-refractivity contribution in [2.24, 2.45) is 5.73 Å². The molecular weight excluding hydrogens is 412 g/mol. The van der Waals surface area contributed by atoms with Crippen LogP contribution in [0, 0.1) is 0 Å². The molecule has 0 bridgehead atoms. The van der Waals surface area contributed by atoms with E-state index in [1.165, 1.54) is 0 Å². The van der Waals surface area contributed by atoms with Crippen molar-refractivity contribution in [3.63, 3.8) is 0 Å². The van der Waals surface area contributed by atoms with Crippen LogP contribution in [0.2, 0.25) is 0 Å². The van der Waals surface area contributed by atoms with Gasteiger partial charge in [0.2, 0.25) is 11.8 Å². The monoisotopic (exact) mass is 448 g/mol. The average molecular weight is 449 g/mol. The normalized spacial score (nSPS) is 13.4. The number of hydrogen-bond acceptors (Lipinski definition) is 6. The van der Waals surface area contributed by atoms with Crippen LogP contribution < -0.4 is 16.5 Å². The first-order valence-electron chi connectivity index (χ1n) is 10.5. The van der Waals surface area contributed by atoms with Crippen molar-refractivity contribution in [2.45, 2.75) is 71.2 Å². The van der Waals surface area contributed by atoms with E-state index in [4.69, 9.17) is 10.5 Å². The molecule has 0 aliphatic heterocycles. The summed E-state index contributed by atoms with van der Waals surface area (Å²) in [6.07, 6.45) is -1.65. The molecule has 1 aromatic rings. The number of hydrazine groups is 1. The summed E-state index contributed by atoms with van der Waals surface area (Å²) in [5, 5.41) is 15.3. The Kier molecular flexibility index (Phi) is 10.3. The fourth-order valence-electron chi connectivity index (χ4n) is 2.84. The van der Waals surface area contributed by atoms with Gasteiger partial charge in [-0.2, -0.15) is 0 Å². The third-order valence-electron chi connectivity index (χ3n) is 4.43. The van der Waals surface area contributed by atoms with Gasteiger partial charge in [-0.15, -0.1) is 0 Å². The Morgan fingerprint density at radius 3 is 2.28 bits per heavy atom. The molecule has 0 aliphatic rings. The Hall–Kier alpha value is -2.91. The van der Waals surface area contributed by atoms with Crippen LogP contribution in [0.5, 0.6) is 0 Å². The summed E-state index contributed by atoms with van der Waals surface area (Å²) in [6, 6.07) is 8.47. The lowest BCUT2D eigenvalue weighted by molar-refractivity contribution is -0.122. The molecule has 0 aromatic heterocycles. The van der Waals surface area contributed by atoms with Crippen molar-refractivity contribution >= 4 is 17.9 Å². The molecule has 1 aromatic carbocycles. The van der Waals surface area contributed by atoms with E-state index >= 15 is 0 Å². The van der Waals surface area contributed by atoms with Gasteiger partial charge in [0.15, 0.2) is 0 Å². The minimum absolute atomic E-state index is 0.00959. The predicted molar refractivity (Wildman–Crippen MR) is 122 cm³/mol. The van der Waals surface area contributed by atoms with Crippen LogP contribution in [0.25, 0.3) is 0 Å². The minimum atomic E-state index is -1.06. The van der Waals surface area contributed by atoms with Gasteiger partial charge in [0.05, 0.1) is 18.6 Å². The van der Waals surface area contributed by atoms with Gasteiger partial charge in [0.1, 0.15) is 5.60 Å². The van der Waals surface area contributed by atoms with Crippen LogP contribution in [0.1, 0.15) is 46.6 Å². The number of amides is 3. The number of rotatable bonds is 11. The number of carbonyl (C=O) groups is 3. The molecule has 0 heterocycles. The zero-order valence-corrected chi connectivity index (χ0v) is 19.6. The molecule has 2 atom stereocenters. The topological polar surface area (TPSA) is 134 Å². The summed E-state index contributed by atoms with van der Waals surface area (Å²) in [6.45, 7) is 12.6. The fourth-order valence-corrected chi connectivity index (χ4v) is 2.84. The van der Waals surface area contributed by atoms with E-state index in [0.29, 0.717) is 6.42 Å². The van der Waals surface area contributed by atoms with Crippen molar-refractivity contribution < 1.29 is 24.2 Å². The van der Waals surface area contributed by atoms with Gasteiger partial charge < -0.3 is 20.9 Å². The van der Waals surface area contributed by atoms with E-state index in [1.54, 1.807) is 25.8 Å². The molecule has 5 N–H and O–H groups in total. The molecule has 3 amide bonds. The first kappa shape index (κ1) is 27.1. The second-order valence-corrected chi connectivity index (χ2v) is 8.94. The number of nitrogens with one attached hydrogen (secondary N) is 2. The summed E-state index contributed by atoms with van der Waals surface area (Å²) < 4.78 is 5.29. The maximum absolute atomic E-state index is 12.5. The third-order valence-corrected chi connectivity index (χ3v) is 4.43. The molecule has 1 rings (SSSR count). The van der Waals surface area contributed by atoms with Crippen molar-refractivity contribution in [1.29, 1.82) is 0 Å². The Morgan fingerprint density at radius 1 is 1.19 bits per heavy atom. The largest absolute Gasteiger partial charge is 0.443 e.